The van der Waals surface area contributed by atoms with Crippen LogP contribution in [-0.2, 0) is 9.53 Å². The van der Waals surface area contributed by atoms with Crippen LogP contribution in [0.4, 0.5) is 5.13 Å². The van der Waals surface area contributed by atoms with Crippen molar-refractivity contribution in [3.63, 3.8) is 0 Å². The number of hydrogen-bond donors (Lipinski definition) is 0. The van der Waals surface area contributed by atoms with Gasteiger partial charge < -0.3 is 9.47 Å². The molecule has 1 aliphatic rings. The summed E-state index contributed by atoms with van der Waals surface area (Å²) in [5, 5.41) is 0.752. The molecule has 23 heavy (non-hydrogen) atoms. The summed E-state index contributed by atoms with van der Waals surface area (Å²) in [6.45, 7) is 3.40. The summed E-state index contributed by atoms with van der Waals surface area (Å²) in [4.78, 5) is 19.0. The number of fused-ring (bicyclic) bond motifs is 1. The largest absolute Gasteiger partial charge is 0.497 e. The molecule has 0 N–H and O–H groups in total. The molecule has 6 heteroatoms. The highest BCUT2D eigenvalue weighted by Gasteiger charge is 2.25. The fraction of sp³-hybridized carbons (Fsp3) is 0.529. The van der Waals surface area contributed by atoms with E-state index in [2.05, 4.69) is 4.98 Å². The monoisotopic (exact) mass is 334 g/mol. The van der Waals surface area contributed by atoms with E-state index in [9.17, 15) is 4.79 Å². The minimum atomic E-state index is 0.119. The molecule has 0 aliphatic carbocycles. The normalized spacial score (nSPS) is 17.6. The van der Waals surface area contributed by atoms with Gasteiger partial charge in [0.15, 0.2) is 5.13 Å². The third kappa shape index (κ3) is 3.64. The Hall–Kier alpha value is -1.66. The van der Waals surface area contributed by atoms with Crippen LogP contribution in [0.3, 0.4) is 0 Å². The van der Waals surface area contributed by atoms with Crippen LogP contribution in [0.1, 0.15) is 32.6 Å². The van der Waals surface area contributed by atoms with Crippen LogP contribution >= 0.6 is 11.3 Å². The third-order valence-corrected chi connectivity index (χ3v) is 5.05. The molecule has 0 saturated carbocycles. The number of benzene rings is 1. The van der Waals surface area contributed by atoms with Crippen LogP contribution in [0.5, 0.6) is 5.75 Å². The Morgan fingerprint density at radius 1 is 1.52 bits per heavy atom. The van der Waals surface area contributed by atoms with Crippen molar-refractivity contribution in [1.29, 1.82) is 0 Å². The molecule has 1 saturated heterocycles. The lowest BCUT2D eigenvalue weighted by atomic mass is 10.2. The molecule has 0 bridgehead atoms. The fourth-order valence-corrected chi connectivity index (χ4v) is 3.74. The van der Waals surface area contributed by atoms with Gasteiger partial charge in [0.1, 0.15) is 5.75 Å². The Bertz CT molecular complexity index is 680. The number of rotatable bonds is 6. The van der Waals surface area contributed by atoms with Gasteiger partial charge in [0.2, 0.25) is 5.91 Å². The van der Waals surface area contributed by atoms with Crippen molar-refractivity contribution in [2.45, 2.75) is 38.7 Å². The summed E-state index contributed by atoms with van der Waals surface area (Å²) in [6, 6.07) is 5.82. The molecule has 3 rings (SSSR count). The van der Waals surface area contributed by atoms with E-state index in [1.165, 1.54) is 0 Å². The number of anilines is 1. The number of amides is 1. The predicted octanol–water partition coefficient (Wildman–Crippen LogP) is 3.62. The molecule has 1 aliphatic heterocycles. The van der Waals surface area contributed by atoms with Gasteiger partial charge in [0, 0.05) is 19.1 Å². The SMILES string of the molecule is CCCC(=O)N(CC1CCCO1)c1nc2cc(OC)ccc2s1. The molecule has 2 aromatic rings. The lowest BCUT2D eigenvalue weighted by Crippen LogP contribution is -2.37. The first-order valence-corrected chi connectivity index (χ1v) is 8.89. The van der Waals surface area contributed by atoms with Crippen molar-refractivity contribution in [3.8, 4) is 5.75 Å². The maximum atomic E-state index is 12.5. The van der Waals surface area contributed by atoms with E-state index < -0.39 is 0 Å². The van der Waals surface area contributed by atoms with Crippen LogP contribution in [0.2, 0.25) is 0 Å². The molecule has 2 heterocycles. The zero-order chi connectivity index (χ0) is 16.2. The molecule has 1 aromatic carbocycles. The number of hydrogen-bond acceptors (Lipinski definition) is 5. The Labute approximate surface area is 140 Å². The number of carbonyl (C=O) groups is 1. The zero-order valence-electron chi connectivity index (χ0n) is 13.6. The quantitative estimate of drug-likeness (QED) is 0.810. The number of carbonyl (C=O) groups excluding carboxylic acids is 1. The van der Waals surface area contributed by atoms with Crippen molar-refractivity contribution in [3.05, 3.63) is 18.2 Å². The lowest BCUT2D eigenvalue weighted by Gasteiger charge is -2.22. The van der Waals surface area contributed by atoms with E-state index in [0.717, 1.165) is 47.0 Å². The maximum Gasteiger partial charge on any atom is 0.228 e. The van der Waals surface area contributed by atoms with E-state index >= 15 is 0 Å². The predicted molar refractivity (Wildman–Crippen MR) is 92.4 cm³/mol. The van der Waals surface area contributed by atoms with E-state index in [4.69, 9.17) is 9.47 Å². The lowest BCUT2D eigenvalue weighted by molar-refractivity contribution is -0.119. The van der Waals surface area contributed by atoms with Crippen LogP contribution in [0.15, 0.2) is 18.2 Å². The smallest absolute Gasteiger partial charge is 0.228 e. The summed E-state index contributed by atoms with van der Waals surface area (Å²) in [5.41, 5.74) is 0.867. The Morgan fingerprint density at radius 2 is 2.39 bits per heavy atom. The van der Waals surface area contributed by atoms with Gasteiger partial charge >= 0.3 is 0 Å². The van der Waals surface area contributed by atoms with Gasteiger partial charge in [-0.05, 0) is 31.4 Å². The van der Waals surface area contributed by atoms with Gasteiger partial charge in [0.05, 0.1) is 30.0 Å². The first-order valence-electron chi connectivity index (χ1n) is 8.07. The van der Waals surface area contributed by atoms with Crippen LogP contribution in [0, 0.1) is 0 Å². The van der Waals surface area contributed by atoms with Gasteiger partial charge in [-0.3, -0.25) is 9.69 Å². The molecular formula is C17H22N2O3S. The number of ether oxygens (including phenoxy) is 2. The number of methoxy groups -OCH3 is 1. The highest BCUT2D eigenvalue weighted by atomic mass is 32.1. The Kier molecular flexibility index (Phi) is 5.13. The highest BCUT2D eigenvalue weighted by molar-refractivity contribution is 7.22. The third-order valence-electron chi connectivity index (χ3n) is 3.99. The highest BCUT2D eigenvalue weighted by Crippen LogP contribution is 2.32. The molecule has 0 spiro atoms. The van der Waals surface area contributed by atoms with Gasteiger partial charge in [-0.15, -0.1) is 0 Å². The molecule has 1 atom stereocenters. The fourth-order valence-electron chi connectivity index (χ4n) is 2.76. The second kappa shape index (κ2) is 7.27. The van der Waals surface area contributed by atoms with Crippen LogP contribution < -0.4 is 9.64 Å². The van der Waals surface area contributed by atoms with Crippen molar-refractivity contribution in [1.82, 2.24) is 4.98 Å². The van der Waals surface area contributed by atoms with E-state index in [-0.39, 0.29) is 12.0 Å². The van der Waals surface area contributed by atoms with Gasteiger partial charge in [-0.25, -0.2) is 4.98 Å². The topological polar surface area (TPSA) is 51.7 Å². The molecule has 1 amide bonds. The number of thiazole rings is 1. The van der Waals surface area contributed by atoms with E-state index in [0.29, 0.717) is 13.0 Å². The molecule has 0 radical (unpaired) electrons. The number of aromatic nitrogens is 1. The number of nitrogens with zero attached hydrogens (tertiary/aromatic N) is 2. The zero-order valence-corrected chi connectivity index (χ0v) is 14.4. The van der Waals surface area contributed by atoms with Crippen molar-refractivity contribution in [2.75, 3.05) is 25.2 Å². The maximum absolute atomic E-state index is 12.5. The average molecular weight is 334 g/mol. The first kappa shape index (κ1) is 16.2. The Morgan fingerprint density at radius 3 is 3.09 bits per heavy atom. The Balaban J connectivity index is 1.89. The molecule has 5 nitrogen and oxygen atoms in total. The second-order valence-corrected chi connectivity index (χ2v) is 6.73. The van der Waals surface area contributed by atoms with Gasteiger partial charge in [0.25, 0.3) is 0 Å². The standard InChI is InChI=1S/C17H22N2O3S/c1-3-5-16(20)19(11-13-6-4-9-22-13)17-18-14-10-12(21-2)7-8-15(14)23-17/h7-8,10,13H,3-6,9,11H2,1-2H3. The minimum Gasteiger partial charge on any atom is -0.497 e. The summed E-state index contributed by atoms with van der Waals surface area (Å²) in [7, 11) is 1.64. The van der Waals surface area contributed by atoms with E-state index in [1.54, 1.807) is 23.3 Å². The van der Waals surface area contributed by atoms with Gasteiger partial charge in [-0.2, -0.15) is 0 Å². The average Bonchev–Trinajstić information content (AvgIpc) is 3.20. The molecule has 124 valence electrons. The molecule has 1 unspecified atom stereocenters. The minimum absolute atomic E-state index is 0.119. The summed E-state index contributed by atoms with van der Waals surface area (Å²) in [5.74, 6) is 0.897. The first-order chi connectivity index (χ1) is 11.2. The summed E-state index contributed by atoms with van der Waals surface area (Å²) >= 11 is 1.54. The molecule has 1 fully saturated rings. The van der Waals surface area contributed by atoms with E-state index in [1.807, 2.05) is 25.1 Å². The summed E-state index contributed by atoms with van der Waals surface area (Å²) < 4.78 is 12.0. The second-order valence-electron chi connectivity index (χ2n) is 5.72. The summed E-state index contributed by atoms with van der Waals surface area (Å²) in [6.07, 6.45) is 3.56. The van der Waals surface area contributed by atoms with Crippen molar-refractivity contribution < 1.29 is 14.3 Å². The van der Waals surface area contributed by atoms with Crippen LogP contribution in [0.25, 0.3) is 10.2 Å². The van der Waals surface area contributed by atoms with Crippen molar-refractivity contribution in [2.24, 2.45) is 0 Å². The van der Waals surface area contributed by atoms with Crippen molar-refractivity contribution >= 4 is 32.6 Å². The molecular weight excluding hydrogens is 312 g/mol. The van der Waals surface area contributed by atoms with Crippen LogP contribution in [-0.4, -0.2) is 37.3 Å². The van der Waals surface area contributed by atoms with Gasteiger partial charge in [-0.1, -0.05) is 18.3 Å². The molecule has 1 aromatic heterocycles.